The van der Waals surface area contributed by atoms with Crippen LogP contribution in [0.5, 0.6) is 0 Å². The average Bonchev–Trinajstić information content (AvgIpc) is 2.71. The fourth-order valence-corrected chi connectivity index (χ4v) is 0.998. The zero-order valence-electron chi connectivity index (χ0n) is 6.56. The van der Waals surface area contributed by atoms with E-state index in [-0.39, 0.29) is 5.91 Å². The first-order chi connectivity index (χ1) is 5.22. The van der Waals surface area contributed by atoms with E-state index in [1.54, 1.807) is 6.08 Å². The van der Waals surface area contributed by atoms with E-state index < -0.39 is 0 Å². The number of nitrogens with one attached hydrogen (secondary N) is 1. The largest absolute Gasteiger partial charge is 0.350 e. The summed E-state index contributed by atoms with van der Waals surface area (Å²) in [6, 6.07) is 0.472. The topological polar surface area (TPSA) is 29.1 Å². The van der Waals surface area contributed by atoms with E-state index in [4.69, 9.17) is 0 Å². The van der Waals surface area contributed by atoms with Crippen molar-refractivity contribution in [1.82, 2.24) is 5.32 Å². The van der Waals surface area contributed by atoms with Crippen molar-refractivity contribution in [2.24, 2.45) is 0 Å². The molecule has 0 bridgehead atoms. The number of rotatable bonds is 3. The van der Waals surface area contributed by atoms with E-state index in [0.29, 0.717) is 6.04 Å². The minimum absolute atomic E-state index is 0.0683. The minimum atomic E-state index is 0.0683. The number of carbonyl (C=O) groups excluding carboxylic acids is 1. The highest BCUT2D eigenvalue weighted by Crippen LogP contribution is 2.19. The molecule has 3 heteroatoms. The van der Waals surface area contributed by atoms with Gasteiger partial charge in [-0.2, -0.15) is 0 Å². The molecule has 0 aromatic heterocycles. The summed E-state index contributed by atoms with van der Waals surface area (Å²) < 4.78 is 1.11. The number of allylic oxidation sites excluding steroid dienone is 1. The van der Waals surface area contributed by atoms with E-state index >= 15 is 0 Å². The second-order valence-corrected chi connectivity index (χ2v) is 4.11. The molecule has 1 N–H and O–H groups in total. The Labute approximate surface area is 80.6 Å². The number of halogens is 1. The molecule has 0 radical (unpaired) electrons. The lowest BCUT2D eigenvalue weighted by Crippen LogP contribution is -2.23. The van der Waals surface area contributed by atoms with E-state index in [2.05, 4.69) is 27.9 Å². The third-order valence-corrected chi connectivity index (χ3v) is 2.62. The van der Waals surface area contributed by atoms with E-state index in [1.165, 1.54) is 0 Å². The van der Waals surface area contributed by atoms with Crippen LogP contribution in [-0.4, -0.2) is 11.9 Å². The van der Waals surface area contributed by atoms with Crippen LogP contribution in [0.15, 0.2) is 9.66 Å². The molecule has 1 rings (SSSR count). The van der Waals surface area contributed by atoms with Gasteiger partial charge in [0, 0.05) is 12.1 Å². The van der Waals surface area contributed by atoms with Crippen LogP contribution in [0.2, 0.25) is 0 Å². The second-order valence-electron chi connectivity index (χ2n) is 2.73. The standard InChI is InChI=1S/C8H12INO/c1-2-6(9)5-8(11)10-7-3-4-7/h5,7H,2-4H2,1H3,(H,10,11). The molecule has 0 spiro atoms. The van der Waals surface area contributed by atoms with Gasteiger partial charge in [-0.15, -0.1) is 0 Å². The molecule has 0 unspecified atom stereocenters. The molecule has 0 aromatic rings. The van der Waals surface area contributed by atoms with E-state index in [9.17, 15) is 4.79 Å². The monoisotopic (exact) mass is 265 g/mol. The van der Waals surface area contributed by atoms with Crippen molar-refractivity contribution < 1.29 is 4.79 Å². The average molecular weight is 265 g/mol. The molecule has 0 saturated heterocycles. The van der Waals surface area contributed by atoms with Crippen LogP contribution in [0.4, 0.5) is 0 Å². The van der Waals surface area contributed by atoms with E-state index in [1.807, 2.05) is 6.92 Å². The van der Waals surface area contributed by atoms with Gasteiger partial charge in [0.05, 0.1) is 0 Å². The Kier molecular flexibility index (Phi) is 3.36. The van der Waals surface area contributed by atoms with Crippen LogP contribution in [0.3, 0.4) is 0 Å². The molecule has 0 aromatic carbocycles. The van der Waals surface area contributed by atoms with Gasteiger partial charge in [-0.3, -0.25) is 4.79 Å². The molecule has 1 aliphatic rings. The molecule has 0 aliphatic heterocycles. The lowest BCUT2D eigenvalue weighted by molar-refractivity contribution is -0.116. The molecular formula is C8H12INO. The molecule has 1 fully saturated rings. The zero-order valence-corrected chi connectivity index (χ0v) is 8.72. The number of carbonyl (C=O) groups is 1. The fraction of sp³-hybridized carbons (Fsp3) is 0.625. The van der Waals surface area contributed by atoms with Crippen LogP contribution in [0.25, 0.3) is 0 Å². The van der Waals surface area contributed by atoms with Gasteiger partial charge >= 0.3 is 0 Å². The Balaban J connectivity index is 2.28. The summed E-state index contributed by atoms with van der Waals surface area (Å²) in [5.74, 6) is 0.0683. The molecule has 62 valence electrons. The summed E-state index contributed by atoms with van der Waals surface area (Å²) in [6.07, 6.45) is 4.93. The van der Waals surface area contributed by atoms with Crippen LogP contribution >= 0.6 is 22.6 Å². The van der Waals surface area contributed by atoms with Crippen LogP contribution in [0, 0.1) is 0 Å². The predicted octanol–water partition coefficient (Wildman–Crippen LogP) is 1.99. The Hall–Kier alpha value is -0.0600. The minimum Gasteiger partial charge on any atom is -0.350 e. The third-order valence-electron chi connectivity index (χ3n) is 1.55. The number of hydrogen-bond donors (Lipinski definition) is 1. The fourth-order valence-electron chi connectivity index (χ4n) is 0.715. The molecule has 0 heterocycles. The van der Waals surface area contributed by atoms with Crippen LogP contribution < -0.4 is 5.32 Å². The van der Waals surface area contributed by atoms with Gasteiger partial charge in [-0.25, -0.2) is 0 Å². The normalized spacial score (nSPS) is 18.2. The van der Waals surface area contributed by atoms with Crippen molar-refractivity contribution in [2.75, 3.05) is 0 Å². The van der Waals surface area contributed by atoms with Crippen LogP contribution in [0.1, 0.15) is 26.2 Å². The first-order valence-electron chi connectivity index (χ1n) is 3.89. The highest BCUT2D eigenvalue weighted by Gasteiger charge is 2.22. The summed E-state index contributed by atoms with van der Waals surface area (Å²) in [5.41, 5.74) is 0. The van der Waals surface area contributed by atoms with Gasteiger partial charge in [0.15, 0.2) is 0 Å². The maximum absolute atomic E-state index is 11.1. The van der Waals surface area contributed by atoms with Crippen molar-refractivity contribution in [3.63, 3.8) is 0 Å². The van der Waals surface area contributed by atoms with Gasteiger partial charge in [0.2, 0.25) is 5.91 Å². The summed E-state index contributed by atoms with van der Waals surface area (Å²) in [6.45, 7) is 2.04. The lowest BCUT2D eigenvalue weighted by Gasteiger charge is -1.97. The smallest absolute Gasteiger partial charge is 0.244 e. The van der Waals surface area contributed by atoms with Crippen molar-refractivity contribution in [3.8, 4) is 0 Å². The Morgan fingerprint density at radius 2 is 2.36 bits per heavy atom. The molecule has 1 aliphatic carbocycles. The summed E-state index contributed by atoms with van der Waals surface area (Å²) >= 11 is 2.19. The maximum Gasteiger partial charge on any atom is 0.244 e. The van der Waals surface area contributed by atoms with Crippen molar-refractivity contribution in [3.05, 3.63) is 9.66 Å². The molecular weight excluding hydrogens is 253 g/mol. The SMILES string of the molecule is CCC(I)=CC(=O)NC1CC1. The Morgan fingerprint density at radius 3 is 2.82 bits per heavy atom. The molecule has 1 amide bonds. The van der Waals surface area contributed by atoms with Gasteiger partial charge in [-0.1, -0.05) is 6.92 Å². The lowest BCUT2D eigenvalue weighted by atomic mass is 10.4. The van der Waals surface area contributed by atoms with Gasteiger partial charge in [0.1, 0.15) is 0 Å². The molecule has 0 atom stereocenters. The zero-order chi connectivity index (χ0) is 8.27. The quantitative estimate of drug-likeness (QED) is 0.613. The second kappa shape index (κ2) is 4.09. The maximum atomic E-state index is 11.1. The highest BCUT2D eigenvalue weighted by molar-refractivity contribution is 14.1. The summed E-state index contributed by atoms with van der Waals surface area (Å²) in [7, 11) is 0. The molecule has 11 heavy (non-hydrogen) atoms. The van der Waals surface area contributed by atoms with Crippen molar-refractivity contribution >= 4 is 28.5 Å². The van der Waals surface area contributed by atoms with Gasteiger partial charge < -0.3 is 5.32 Å². The third kappa shape index (κ3) is 3.74. The summed E-state index contributed by atoms with van der Waals surface area (Å²) in [4.78, 5) is 11.1. The van der Waals surface area contributed by atoms with Gasteiger partial charge in [-0.05, 0) is 45.4 Å². The molecule has 1 saturated carbocycles. The first kappa shape index (κ1) is 9.03. The number of amides is 1. The Morgan fingerprint density at radius 1 is 1.73 bits per heavy atom. The number of hydrogen-bond acceptors (Lipinski definition) is 1. The predicted molar refractivity (Wildman–Crippen MR) is 53.6 cm³/mol. The van der Waals surface area contributed by atoms with Crippen LogP contribution in [-0.2, 0) is 4.79 Å². The molecule has 2 nitrogen and oxygen atoms in total. The summed E-state index contributed by atoms with van der Waals surface area (Å²) in [5, 5.41) is 2.90. The van der Waals surface area contributed by atoms with Gasteiger partial charge in [0.25, 0.3) is 0 Å². The Bertz CT molecular complexity index is 185. The first-order valence-corrected chi connectivity index (χ1v) is 4.97. The van der Waals surface area contributed by atoms with Crippen molar-refractivity contribution in [1.29, 1.82) is 0 Å². The highest BCUT2D eigenvalue weighted by atomic mass is 127. The van der Waals surface area contributed by atoms with E-state index in [0.717, 1.165) is 22.8 Å². The van der Waals surface area contributed by atoms with Crippen molar-refractivity contribution in [2.45, 2.75) is 32.2 Å².